The Morgan fingerprint density at radius 2 is 0.386 bits per heavy atom. The second-order valence-corrected chi connectivity index (χ2v) is 18.9. The van der Waals surface area contributed by atoms with E-state index in [1.807, 2.05) is 0 Å². The van der Waals surface area contributed by atoms with Gasteiger partial charge in [0, 0.05) is 6.42 Å². The molecule has 2 nitrogen and oxygen atoms in total. The topological polar surface area (TPSA) is 26.3 Å². The zero-order valence-electron chi connectivity index (χ0n) is 40.1. The Labute approximate surface area is 362 Å². The molecule has 0 aromatic carbocycles. The lowest BCUT2D eigenvalue weighted by Crippen LogP contribution is -2.05. The van der Waals surface area contributed by atoms with Crippen molar-refractivity contribution in [2.75, 3.05) is 6.61 Å². The summed E-state index contributed by atoms with van der Waals surface area (Å²) in [6.07, 6.45) is 71.3. The van der Waals surface area contributed by atoms with Crippen LogP contribution in [0.3, 0.4) is 0 Å². The van der Waals surface area contributed by atoms with Crippen LogP contribution >= 0.6 is 0 Å². The number of rotatable bonds is 52. The molecule has 0 aromatic heterocycles. The zero-order chi connectivity index (χ0) is 41.1. The van der Waals surface area contributed by atoms with Gasteiger partial charge in [0.05, 0.1) is 6.61 Å². The van der Waals surface area contributed by atoms with E-state index in [4.69, 9.17) is 4.74 Å². The average Bonchev–Trinajstić information content (AvgIpc) is 3.22. The summed E-state index contributed by atoms with van der Waals surface area (Å²) in [6, 6.07) is 0. The molecule has 0 radical (unpaired) electrons. The van der Waals surface area contributed by atoms with E-state index in [1.54, 1.807) is 0 Å². The van der Waals surface area contributed by atoms with E-state index < -0.39 is 0 Å². The molecule has 0 aliphatic rings. The Hall–Kier alpha value is -0.530. The Bertz CT molecular complexity index is 703. The van der Waals surface area contributed by atoms with Gasteiger partial charge in [-0.15, -0.1) is 0 Å². The van der Waals surface area contributed by atoms with E-state index in [0.29, 0.717) is 13.0 Å². The van der Waals surface area contributed by atoms with Gasteiger partial charge in [0.2, 0.25) is 0 Å². The van der Waals surface area contributed by atoms with Gasteiger partial charge in [-0.2, -0.15) is 0 Å². The standard InChI is InChI=1S/C55H110O2/c1-3-5-7-9-11-13-15-17-19-21-23-25-26-27-28-29-30-31-32-33-34-35-37-39-41-43-45-47-49-51-53-55(56)57-54-52-50-48-46-44-42-40-38-36-24-22-20-18-16-14-12-10-8-6-4-2/h3-54H2,1-2H3. The average molecular weight is 803 g/mol. The lowest BCUT2D eigenvalue weighted by molar-refractivity contribution is -0.143. The summed E-state index contributed by atoms with van der Waals surface area (Å²) in [7, 11) is 0. The number of hydrogen-bond donors (Lipinski definition) is 0. The maximum absolute atomic E-state index is 12.1. The smallest absolute Gasteiger partial charge is 0.305 e. The van der Waals surface area contributed by atoms with Gasteiger partial charge in [0.25, 0.3) is 0 Å². The molecule has 0 atom stereocenters. The van der Waals surface area contributed by atoms with Crippen molar-refractivity contribution in [2.45, 2.75) is 341 Å². The van der Waals surface area contributed by atoms with Crippen LogP contribution in [-0.4, -0.2) is 12.6 Å². The number of carbonyl (C=O) groups is 1. The van der Waals surface area contributed by atoms with E-state index in [1.165, 1.54) is 308 Å². The second kappa shape index (κ2) is 53.5. The van der Waals surface area contributed by atoms with Crippen molar-refractivity contribution in [3.8, 4) is 0 Å². The molecule has 0 saturated heterocycles. The van der Waals surface area contributed by atoms with Crippen LogP contribution in [-0.2, 0) is 9.53 Å². The Balaban J connectivity index is 3.14. The van der Waals surface area contributed by atoms with Gasteiger partial charge in [-0.05, 0) is 12.8 Å². The number of ether oxygens (including phenoxy) is 1. The number of esters is 1. The van der Waals surface area contributed by atoms with Crippen molar-refractivity contribution < 1.29 is 9.53 Å². The van der Waals surface area contributed by atoms with Crippen molar-refractivity contribution in [2.24, 2.45) is 0 Å². The highest BCUT2D eigenvalue weighted by atomic mass is 16.5. The van der Waals surface area contributed by atoms with Crippen molar-refractivity contribution >= 4 is 5.97 Å². The quantitative estimate of drug-likeness (QED) is 0.0452. The monoisotopic (exact) mass is 803 g/mol. The van der Waals surface area contributed by atoms with Crippen LogP contribution in [0.1, 0.15) is 341 Å². The molecule has 0 aromatic rings. The fourth-order valence-corrected chi connectivity index (χ4v) is 8.91. The third-order valence-corrected chi connectivity index (χ3v) is 13.0. The summed E-state index contributed by atoms with van der Waals surface area (Å²) in [4.78, 5) is 12.1. The fourth-order valence-electron chi connectivity index (χ4n) is 8.91. The van der Waals surface area contributed by atoms with Gasteiger partial charge in [0.1, 0.15) is 0 Å². The van der Waals surface area contributed by atoms with Gasteiger partial charge in [-0.25, -0.2) is 0 Å². The van der Waals surface area contributed by atoms with E-state index in [9.17, 15) is 4.79 Å². The van der Waals surface area contributed by atoms with Crippen LogP contribution < -0.4 is 0 Å². The van der Waals surface area contributed by atoms with Crippen molar-refractivity contribution in [1.29, 1.82) is 0 Å². The Morgan fingerprint density at radius 1 is 0.228 bits per heavy atom. The summed E-state index contributed by atoms with van der Waals surface area (Å²) < 4.78 is 5.50. The van der Waals surface area contributed by atoms with Crippen LogP contribution in [0.4, 0.5) is 0 Å². The first-order chi connectivity index (χ1) is 28.3. The van der Waals surface area contributed by atoms with Crippen LogP contribution in [0.15, 0.2) is 0 Å². The molecule has 0 aliphatic carbocycles. The molecular weight excluding hydrogens is 693 g/mol. The molecule has 0 rings (SSSR count). The van der Waals surface area contributed by atoms with Crippen molar-refractivity contribution in [3.63, 3.8) is 0 Å². The highest BCUT2D eigenvalue weighted by Crippen LogP contribution is 2.18. The van der Waals surface area contributed by atoms with Crippen LogP contribution in [0.5, 0.6) is 0 Å². The van der Waals surface area contributed by atoms with Gasteiger partial charge in [-0.1, -0.05) is 322 Å². The summed E-state index contributed by atoms with van der Waals surface area (Å²) in [5, 5.41) is 0. The molecular formula is C55H110O2. The second-order valence-electron chi connectivity index (χ2n) is 18.9. The molecule has 342 valence electrons. The molecule has 0 heterocycles. The Morgan fingerprint density at radius 3 is 0.579 bits per heavy atom. The predicted octanol–water partition coefficient (Wildman–Crippen LogP) is 20.5. The number of hydrogen-bond acceptors (Lipinski definition) is 2. The van der Waals surface area contributed by atoms with Crippen molar-refractivity contribution in [1.82, 2.24) is 0 Å². The van der Waals surface area contributed by atoms with E-state index in [0.717, 1.165) is 12.8 Å². The molecule has 57 heavy (non-hydrogen) atoms. The maximum atomic E-state index is 12.1. The van der Waals surface area contributed by atoms with Gasteiger partial charge >= 0.3 is 5.97 Å². The fraction of sp³-hybridized carbons (Fsp3) is 0.982. The summed E-state index contributed by atoms with van der Waals surface area (Å²) >= 11 is 0. The lowest BCUT2D eigenvalue weighted by atomic mass is 10.0. The summed E-state index contributed by atoms with van der Waals surface area (Å²) in [6.45, 7) is 5.24. The third-order valence-electron chi connectivity index (χ3n) is 13.0. The highest BCUT2D eigenvalue weighted by Gasteiger charge is 2.03. The minimum absolute atomic E-state index is 0.0352. The normalized spacial score (nSPS) is 11.5. The summed E-state index contributed by atoms with van der Waals surface area (Å²) in [5.74, 6) is 0.0352. The molecule has 0 fully saturated rings. The lowest BCUT2D eigenvalue weighted by Gasteiger charge is -2.06. The molecule has 2 heteroatoms. The van der Waals surface area contributed by atoms with Crippen LogP contribution in [0.25, 0.3) is 0 Å². The molecule has 0 spiro atoms. The SMILES string of the molecule is CCCCCCCCCCCCCCCCCCCCCCCCCCCCCCCCC(=O)OCCCCCCCCCCCCCCCCCCCCCC. The molecule has 0 aliphatic heterocycles. The van der Waals surface area contributed by atoms with Gasteiger partial charge < -0.3 is 4.74 Å². The zero-order valence-corrected chi connectivity index (χ0v) is 40.1. The molecule has 0 amide bonds. The first-order valence-corrected chi connectivity index (χ1v) is 27.5. The molecule has 0 unspecified atom stereocenters. The first kappa shape index (κ1) is 56.5. The van der Waals surface area contributed by atoms with E-state index in [2.05, 4.69) is 13.8 Å². The minimum atomic E-state index is 0.0352. The predicted molar refractivity (Wildman–Crippen MR) is 258 cm³/mol. The molecule has 0 N–H and O–H groups in total. The first-order valence-electron chi connectivity index (χ1n) is 27.5. The third kappa shape index (κ3) is 53.5. The van der Waals surface area contributed by atoms with Crippen LogP contribution in [0.2, 0.25) is 0 Å². The van der Waals surface area contributed by atoms with Gasteiger partial charge in [0.15, 0.2) is 0 Å². The number of carbonyl (C=O) groups excluding carboxylic acids is 1. The highest BCUT2D eigenvalue weighted by molar-refractivity contribution is 5.69. The van der Waals surface area contributed by atoms with Crippen LogP contribution in [0, 0.1) is 0 Å². The molecule has 0 saturated carbocycles. The van der Waals surface area contributed by atoms with Gasteiger partial charge in [-0.3, -0.25) is 4.79 Å². The number of unbranched alkanes of at least 4 members (excludes halogenated alkanes) is 48. The van der Waals surface area contributed by atoms with E-state index >= 15 is 0 Å². The molecule has 0 bridgehead atoms. The largest absolute Gasteiger partial charge is 0.466 e. The van der Waals surface area contributed by atoms with Crippen molar-refractivity contribution in [3.05, 3.63) is 0 Å². The van der Waals surface area contributed by atoms with E-state index in [-0.39, 0.29) is 5.97 Å². The Kier molecular flexibility index (Phi) is 53.0. The summed E-state index contributed by atoms with van der Waals surface area (Å²) in [5.41, 5.74) is 0. The maximum Gasteiger partial charge on any atom is 0.305 e. The minimum Gasteiger partial charge on any atom is -0.466 e.